The van der Waals surface area contributed by atoms with Gasteiger partial charge < -0.3 is 15.2 Å². The van der Waals surface area contributed by atoms with E-state index in [0.717, 1.165) is 12.1 Å². The Kier molecular flexibility index (Phi) is 3.49. The molecule has 0 aliphatic carbocycles. The minimum atomic E-state index is -0.687. The van der Waals surface area contributed by atoms with Gasteiger partial charge in [-0.25, -0.2) is 9.18 Å². The lowest BCUT2D eigenvalue weighted by molar-refractivity contribution is 0.0601. The van der Waals surface area contributed by atoms with Crippen LogP contribution in [0.2, 0.25) is 0 Å². The summed E-state index contributed by atoms with van der Waals surface area (Å²) in [6.07, 6.45) is 0. The van der Waals surface area contributed by atoms with E-state index >= 15 is 0 Å². The summed E-state index contributed by atoms with van der Waals surface area (Å²) in [6, 6.07) is 2.15. The second-order valence-electron chi connectivity index (χ2n) is 2.79. The molecule has 2 N–H and O–H groups in total. The zero-order chi connectivity index (χ0) is 11.4. The van der Waals surface area contributed by atoms with Crippen LogP contribution in [-0.2, 0) is 4.74 Å². The van der Waals surface area contributed by atoms with Crippen LogP contribution in [0, 0.1) is 5.82 Å². The number of esters is 1. The molecule has 15 heavy (non-hydrogen) atoms. The zero-order valence-corrected chi connectivity index (χ0v) is 8.54. The van der Waals surface area contributed by atoms with Crippen LogP contribution in [0.5, 0.6) is 5.75 Å². The molecule has 0 aromatic heterocycles. The van der Waals surface area contributed by atoms with Gasteiger partial charge in [0.2, 0.25) is 0 Å². The molecule has 1 aromatic carbocycles. The third-order valence-corrected chi connectivity index (χ3v) is 1.81. The molecule has 0 aliphatic rings. The van der Waals surface area contributed by atoms with Crippen molar-refractivity contribution in [3.8, 4) is 5.75 Å². The van der Waals surface area contributed by atoms with Crippen LogP contribution < -0.4 is 10.5 Å². The van der Waals surface area contributed by atoms with Crippen molar-refractivity contribution < 1.29 is 18.7 Å². The van der Waals surface area contributed by atoms with Gasteiger partial charge in [-0.15, -0.1) is 0 Å². The molecule has 1 aromatic rings. The first-order chi connectivity index (χ1) is 7.10. The maximum atomic E-state index is 13.1. The molecule has 1 rings (SSSR count). The number of nitrogens with two attached hydrogens (primary N) is 1. The predicted molar refractivity (Wildman–Crippen MR) is 53.3 cm³/mol. The summed E-state index contributed by atoms with van der Waals surface area (Å²) in [4.78, 5) is 11.2. The Labute approximate surface area is 86.8 Å². The third-order valence-electron chi connectivity index (χ3n) is 1.81. The monoisotopic (exact) mass is 213 g/mol. The highest BCUT2D eigenvalue weighted by Crippen LogP contribution is 2.27. The Hall–Kier alpha value is -1.78. The summed E-state index contributed by atoms with van der Waals surface area (Å²) < 4.78 is 22.6. The van der Waals surface area contributed by atoms with Crippen LogP contribution in [0.15, 0.2) is 12.1 Å². The molecule has 82 valence electrons. The van der Waals surface area contributed by atoms with Gasteiger partial charge in [-0.3, -0.25) is 0 Å². The first kappa shape index (κ1) is 11.3. The van der Waals surface area contributed by atoms with Gasteiger partial charge in [-0.1, -0.05) is 0 Å². The Morgan fingerprint density at radius 1 is 1.53 bits per heavy atom. The van der Waals surface area contributed by atoms with E-state index in [1.165, 1.54) is 7.11 Å². The topological polar surface area (TPSA) is 61.5 Å². The molecule has 0 radical (unpaired) electrons. The van der Waals surface area contributed by atoms with Crippen molar-refractivity contribution in [2.24, 2.45) is 0 Å². The van der Waals surface area contributed by atoms with Gasteiger partial charge in [0.1, 0.15) is 11.6 Å². The molecule has 0 saturated heterocycles. The molecular formula is C10H12FNO3. The molecule has 0 amide bonds. The summed E-state index contributed by atoms with van der Waals surface area (Å²) in [5, 5.41) is 0. The number of anilines is 1. The normalized spacial score (nSPS) is 9.80. The van der Waals surface area contributed by atoms with Crippen LogP contribution in [0.3, 0.4) is 0 Å². The lowest BCUT2D eigenvalue weighted by Gasteiger charge is -2.10. The predicted octanol–water partition coefficient (Wildman–Crippen LogP) is 1.59. The minimum absolute atomic E-state index is 0.0269. The number of hydrogen-bond acceptors (Lipinski definition) is 4. The van der Waals surface area contributed by atoms with Crippen LogP contribution in [0.25, 0.3) is 0 Å². The maximum Gasteiger partial charge on any atom is 0.340 e. The van der Waals surface area contributed by atoms with Gasteiger partial charge >= 0.3 is 5.97 Å². The van der Waals surface area contributed by atoms with Gasteiger partial charge in [-0.05, 0) is 13.0 Å². The van der Waals surface area contributed by atoms with E-state index in [1.807, 2.05) is 0 Å². The Bertz CT molecular complexity index is 379. The largest absolute Gasteiger partial charge is 0.492 e. The van der Waals surface area contributed by atoms with Crippen molar-refractivity contribution in [3.05, 3.63) is 23.5 Å². The second-order valence-corrected chi connectivity index (χ2v) is 2.79. The Balaban J connectivity index is 3.21. The Morgan fingerprint density at radius 3 is 2.73 bits per heavy atom. The number of carbonyl (C=O) groups is 1. The number of rotatable bonds is 3. The van der Waals surface area contributed by atoms with Gasteiger partial charge in [0.05, 0.1) is 25.0 Å². The standard InChI is InChI=1S/C10H12FNO3/c1-3-15-8-5-6(11)4-7(9(8)12)10(13)14-2/h4-5H,3,12H2,1-2H3. The van der Waals surface area contributed by atoms with E-state index in [9.17, 15) is 9.18 Å². The van der Waals surface area contributed by atoms with E-state index in [0.29, 0.717) is 6.61 Å². The van der Waals surface area contributed by atoms with E-state index in [4.69, 9.17) is 10.5 Å². The molecule has 0 unspecified atom stereocenters. The van der Waals surface area contributed by atoms with E-state index in [-0.39, 0.29) is 17.0 Å². The molecule has 0 bridgehead atoms. The molecule has 0 fully saturated rings. The maximum absolute atomic E-state index is 13.1. The van der Waals surface area contributed by atoms with Crippen LogP contribution in [0.4, 0.5) is 10.1 Å². The number of ether oxygens (including phenoxy) is 2. The van der Waals surface area contributed by atoms with E-state index < -0.39 is 11.8 Å². The highest BCUT2D eigenvalue weighted by molar-refractivity contribution is 5.96. The van der Waals surface area contributed by atoms with Gasteiger partial charge in [0.15, 0.2) is 0 Å². The van der Waals surface area contributed by atoms with Crippen molar-refractivity contribution in [2.45, 2.75) is 6.92 Å². The first-order valence-corrected chi connectivity index (χ1v) is 4.40. The van der Waals surface area contributed by atoms with Gasteiger partial charge in [0, 0.05) is 6.07 Å². The summed E-state index contributed by atoms with van der Waals surface area (Å²) in [7, 11) is 1.20. The molecule has 0 heterocycles. The number of carbonyl (C=O) groups excluding carboxylic acids is 1. The third kappa shape index (κ3) is 2.37. The fourth-order valence-electron chi connectivity index (χ4n) is 1.15. The molecule has 0 saturated carbocycles. The van der Waals surface area contributed by atoms with E-state index in [2.05, 4.69) is 4.74 Å². The fraction of sp³-hybridized carbons (Fsp3) is 0.300. The molecule has 0 spiro atoms. The van der Waals surface area contributed by atoms with Crippen molar-refractivity contribution >= 4 is 11.7 Å². The molecule has 0 atom stereocenters. The second kappa shape index (κ2) is 4.63. The van der Waals surface area contributed by atoms with Crippen molar-refractivity contribution in [1.29, 1.82) is 0 Å². The van der Waals surface area contributed by atoms with Crippen molar-refractivity contribution in [1.82, 2.24) is 0 Å². The summed E-state index contributed by atoms with van der Waals surface area (Å²) in [5.74, 6) is -1.13. The average molecular weight is 213 g/mol. The average Bonchev–Trinajstić information content (AvgIpc) is 2.22. The summed E-state index contributed by atoms with van der Waals surface area (Å²) >= 11 is 0. The molecule has 0 aliphatic heterocycles. The zero-order valence-electron chi connectivity index (χ0n) is 8.54. The number of benzene rings is 1. The van der Waals surface area contributed by atoms with Gasteiger partial charge in [-0.2, -0.15) is 0 Å². The lowest BCUT2D eigenvalue weighted by Crippen LogP contribution is -2.08. The van der Waals surface area contributed by atoms with E-state index in [1.54, 1.807) is 6.92 Å². The number of hydrogen-bond donors (Lipinski definition) is 1. The fourth-order valence-corrected chi connectivity index (χ4v) is 1.15. The summed E-state index contributed by atoms with van der Waals surface area (Å²) in [6.45, 7) is 2.08. The molecular weight excluding hydrogens is 201 g/mol. The van der Waals surface area contributed by atoms with Crippen LogP contribution >= 0.6 is 0 Å². The van der Waals surface area contributed by atoms with Crippen molar-refractivity contribution in [2.75, 3.05) is 19.5 Å². The molecule has 5 heteroatoms. The number of halogens is 1. The number of methoxy groups -OCH3 is 1. The highest BCUT2D eigenvalue weighted by Gasteiger charge is 2.15. The molecule has 4 nitrogen and oxygen atoms in total. The van der Waals surface area contributed by atoms with Crippen LogP contribution in [0.1, 0.15) is 17.3 Å². The lowest BCUT2D eigenvalue weighted by atomic mass is 10.1. The highest BCUT2D eigenvalue weighted by atomic mass is 19.1. The summed E-state index contributed by atoms with van der Waals surface area (Å²) in [5.41, 5.74) is 5.68. The minimum Gasteiger partial charge on any atom is -0.492 e. The van der Waals surface area contributed by atoms with Crippen LogP contribution in [-0.4, -0.2) is 19.7 Å². The first-order valence-electron chi connectivity index (χ1n) is 4.40. The van der Waals surface area contributed by atoms with Crippen molar-refractivity contribution in [3.63, 3.8) is 0 Å². The van der Waals surface area contributed by atoms with Gasteiger partial charge in [0.25, 0.3) is 0 Å². The number of nitrogen functional groups attached to an aromatic ring is 1. The Morgan fingerprint density at radius 2 is 2.20 bits per heavy atom. The smallest absolute Gasteiger partial charge is 0.340 e. The quantitative estimate of drug-likeness (QED) is 0.611. The SMILES string of the molecule is CCOc1cc(F)cc(C(=O)OC)c1N.